The maximum Gasteiger partial charge on any atom is 0.236 e. The van der Waals surface area contributed by atoms with Gasteiger partial charge in [0.1, 0.15) is 0 Å². The molecule has 3 saturated heterocycles. The smallest absolute Gasteiger partial charge is 0.236 e. The van der Waals surface area contributed by atoms with Crippen LogP contribution in [0.1, 0.15) is 36.8 Å². The molecule has 4 rings (SSSR count). The van der Waals surface area contributed by atoms with Gasteiger partial charge >= 0.3 is 0 Å². The molecule has 7 nitrogen and oxygen atoms in total. The van der Waals surface area contributed by atoms with Gasteiger partial charge in [0, 0.05) is 58.8 Å². The summed E-state index contributed by atoms with van der Waals surface area (Å²) < 4.78 is 0. The second-order valence-corrected chi connectivity index (χ2v) is 9.20. The van der Waals surface area contributed by atoms with Crippen LogP contribution in [0.15, 0.2) is 24.3 Å². The number of benzene rings is 1. The van der Waals surface area contributed by atoms with E-state index in [1.165, 1.54) is 5.56 Å². The van der Waals surface area contributed by atoms with Crippen molar-refractivity contribution in [3.63, 3.8) is 0 Å². The molecule has 0 radical (unpaired) electrons. The van der Waals surface area contributed by atoms with Crippen LogP contribution in [0.25, 0.3) is 0 Å². The predicted octanol–water partition coefficient (Wildman–Crippen LogP) is 1.50. The Morgan fingerprint density at radius 2 is 1.61 bits per heavy atom. The normalized spacial score (nSPS) is 22.8. The Bertz CT molecular complexity index is 804. The van der Waals surface area contributed by atoms with Gasteiger partial charge in [0.15, 0.2) is 0 Å². The van der Waals surface area contributed by atoms with Gasteiger partial charge in [-0.3, -0.25) is 19.3 Å². The van der Waals surface area contributed by atoms with E-state index >= 15 is 0 Å². The molecule has 7 heteroatoms. The van der Waals surface area contributed by atoms with Gasteiger partial charge in [-0.2, -0.15) is 0 Å². The number of likely N-dealkylation sites (tertiary alicyclic amines) is 2. The van der Waals surface area contributed by atoms with Gasteiger partial charge in [-0.25, -0.2) is 0 Å². The van der Waals surface area contributed by atoms with Crippen molar-refractivity contribution in [1.82, 2.24) is 19.6 Å². The lowest BCUT2D eigenvalue weighted by molar-refractivity contribution is -0.135. The van der Waals surface area contributed by atoms with Crippen LogP contribution in [0.2, 0.25) is 0 Å². The zero-order valence-electron chi connectivity index (χ0n) is 18.6. The summed E-state index contributed by atoms with van der Waals surface area (Å²) in [6.07, 6.45) is 3.38. The first-order chi connectivity index (χ1) is 15.0. The number of amides is 3. The maximum absolute atomic E-state index is 13.1. The molecule has 0 N–H and O–H groups in total. The number of aryl methyl sites for hydroxylation is 1. The van der Waals surface area contributed by atoms with E-state index in [2.05, 4.69) is 17.0 Å². The average molecular weight is 427 g/mol. The minimum atomic E-state index is -0.254. The summed E-state index contributed by atoms with van der Waals surface area (Å²) in [5, 5.41) is 0. The van der Waals surface area contributed by atoms with Crippen LogP contribution in [0.4, 0.5) is 0 Å². The first kappa shape index (κ1) is 21.8. The molecular weight excluding hydrogens is 392 g/mol. The molecule has 0 spiro atoms. The summed E-state index contributed by atoms with van der Waals surface area (Å²) in [7, 11) is 0. The minimum Gasteiger partial charge on any atom is -0.342 e. The van der Waals surface area contributed by atoms with Crippen LogP contribution in [0.5, 0.6) is 0 Å². The fourth-order valence-electron chi connectivity index (χ4n) is 4.87. The third-order valence-electron chi connectivity index (χ3n) is 6.78. The van der Waals surface area contributed by atoms with E-state index in [4.69, 9.17) is 0 Å². The molecule has 1 aromatic rings. The van der Waals surface area contributed by atoms with Gasteiger partial charge in [-0.15, -0.1) is 0 Å². The number of carbonyl (C=O) groups is 3. The van der Waals surface area contributed by atoms with Crippen molar-refractivity contribution in [1.29, 1.82) is 0 Å². The lowest BCUT2D eigenvalue weighted by atomic mass is 10.1. The molecular formula is C24H34N4O3. The molecule has 3 aliphatic heterocycles. The lowest BCUT2D eigenvalue weighted by Gasteiger charge is -2.25. The second kappa shape index (κ2) is 9.81. The molecule has 1 unspecified atom stereocenters. The van der Waals surface area contributed by atoms with Crippen molar-refractivity contribution in [3.05, 3.63) is 35.4 Å². The molecule has 3 aliphatic rings. The Labute approximate surface area is 185 Å². The van der Waals surface area contributed by atoms with Crippen LogP contribution >= 0.6 is 0 Å². The number of nitrogens with zero attached hydrogens (tertiary/aromatic N) is 4. The van der Waals surface area contributed by atoms with E-state index in [1.807, 2.05) is 33.8 Å². The molecule has 168 valence electrons. The van der Waals surface area contributed by atoms with Gasteiger partial charge in [-0.05, 0) is 31.7 Å². The first-order valence-electron chi connectivity index (χ1n) is 11.6. The van der Waals surface area contributed by atoms with Crippen molar-refractivity contribution in [2.24, 2.45) is 5.92 Å². The molecule has 3 amide bonds. The number of hydrogen-bond acceptors (Lipinski definition) is 4. The molecule has 0 aromatic heterocycles. The molecule has 0 bridgehead atoms. The van der Waals surface area contributed by atoms with Gasteiger partial charge in [-0.1, -0.05) is 29.8 Å². The van der Waals surface area contributed by atoms with E-state index in [-0.39, 0.29) is 23.6 Å². The van der Waals surface area contributed by atoms with Gasteiger partial charge in [0.05, 0.1) is 12.5 Å². The quantitative estimate of drug-likeness (QED) is 0.716. The average Bonchev–Trinajstić information content (AvgIpc) is 3.36. The summed E-state index contributed by atoms with van der Waals surface area (Å²) in [5.74, 6) is 0.111. The van der Waals surface area contributed by atoms with Gasteiger partial charge in [0.2, 0.25) is 17.7 Å². The van der Waals surface area contributed by atoms with Crippen molar-refractivity contribution in [3.8, 4) is 0 Å². The Balaban J connectivity index is 1.27. The van der Waals surface area contributed by atoms with E-state index in [0.717, 1.165) is 51.0 Å². The fourth-order valence-corrected chi connectivity index (χ4v) is 4.87. The number of hydrogen-bond donors (Lipinski definition) is 0. The van der Waals surface area contributed by atoms with Crippen LogP contribution in [0, 0.1) is 12.8 Å². The lowest BCUT2D eigenvalue weighted by Crippen LogP contribution is -2.42. The second-order valence-electron chi connectivity index (χ2n) is 9.20. The largest absolute Gasteiger partial charge is 0.342 e. The highest BCUT2D eigenvalue weighted by molar-refractivity contribution is 5.89. The summed E-state index contributed by atoms with van der Waals surface area (Å²) in [6, 6.07) is 8.20. The highest BCUT2D eigenvalue weighted by Crippen LogP contribution is 2.23. The Kier molecular flexibility index (Phi) is 6.90. The monoisotopic (exact) mass is 426 g/mol. The van der Waals surface area contributed by atoms with Crippen molar-refractivity contribution < 1.29 is 14.4 Å². The van der Waals surface area contributed by atoms with Crippen molar-refractivity contribution in [2.45, 2.75) is 39.2 Å². The zero-order valence-corrected chi connectivity index (χ0v) is 18.6. The van der Waals surface area contributed by atoms with Crippen LogP contribution < -0.4 is 0 Å². The molecule has 3 heterocycles. The third kappa shape index (κ3) is 5.45. The molecule has 0 saturated carbocycles. The van der Waals surface area contributed by atoms with Crippen LogP contribution in [0.3, 0.4) is 0 Å². The van der Waals surface area contributed by atoms with Gasteiger partial charge in [0.25, 0.3) is 0 Å². The predicted molar refractivity (Wildman–Crippen MR) is 118 cm³/mol. The van der Waals surface area contributed by atoms with Crippen molar-refractivity contribution >= 4 is 17.7 Å². The summed E-state index contributed by atoms with van der Waals surface area (Å²) in [6.45, 7) is 8.22. The fraction of sp³-hybridized carbons (Fsp3) is 0.625. The zero-order chi connectivity index (χ0) is 21.8. The molecule has 1 atom stereocenters. The topological polar surface area (TPSA) is 64.2 Å². The number of rotatable bonds is 5. The van der Waals surface area contributed by atoms with E-state index in [9.17, 15) is 14.4 Å². The maximum atomic E-state index is 13.1. The molecule has 3 fully saturated rings. The molecule has 0 aliphatic carbocycles. The highest BCUT2D eigenvalue weighted by Gasteiger charge is 2.37. The van der Waals surface area contributed by atoms with Crippen molar-refractivity contribution in [2.75, 3.05) is 52.4 Å². The first-order valence-corrected chi connectivity index (χ1v) is 11.6. The summed E-state index contributed by atoms with van der Waals surface area (Å²) in [5.41, 5.74) is 2.29. The summed E-state index contributed by atoms with van der Waals surface area (Å²) in [4.78, 5) is 46.0. The minimum absolute atomic E-state index is 0.0617. The van der Waals surface area contributed by atoms with E-state index < -0.39 is 0 Å². The highest BCUT2D eigenvalue weighted by atomic mass is 16.2. The van der Waals surface area contributed by atoms with Crippen LogP contribution in [-0.2, 0) is 20.9 Å². The standard InChI is InChI=1S/C24H34N4O3/c1-19-5-7-20(8-6-19)16-28-17-21(15-22(28)29)24(31)27-12-4-9-25(13-14-27)18-23(30)26-10-2-3-11-26/h5-8,21H,2-4,9-18H2,1H3. The van der Waals surface area contributed by atoms with E-state index in [0.29, 0.717) is 39.1 Å². The third-order valence-corrected chi connectivity index (χ3v) is 6.78. The Morgan fingerprint density at radius 3 is 2.35 bits per heavy atom. The van der Waals surface area contributed by atoms with Crippen LogP contribution in [-0.4, -0.2) is 89.7 Å². The molecule has 1 aromatic carbocycles. The van der Waals surface area contributed by atoms with E-state index in [1.54, 1.807) is 0 Å². The summed E-state index contributed by atoms with van der Waals surface area (Å²) >= 11 is 0. The van der Waals surface area contributed by atoms with Gasteiger partial charge < -0.3 is 14.7 Å². The molecule has 31 heavy (non-hydrogen) atoms. The Morgan fingerprint density at radius 1 is 0.903 bits per heavy atom. The Hall–Kier alpha value is -2.41. The SMILES string of the molecule is Cc1ccc(CN2CC(C(=O)N3CCCN(CC(=O)N4CCCC4)CC3)CC2=O)cc1. The number of carbonyl (C=O) groups excluding carboxylic acids is 3.